The van der Waals surface area contributed by atoms with Crippen LogP contribution in [0.1, 0.15) is 5.56 Å². The number of carbonyl (C=O) groups is 1. The largest absolute Gasteiger partial charge is 0.493 e. The number of carbonyl (C=O) groups excluding carboxylic acids is 1. The molecular weight excluding hydrogens is 302 g/mol. The van der Waals surface area contributed by atoms with E-state index in [-0.39, 0.29) is 4.82 Å². The standard InChI is InChI=1S/C12H16BrNO4/c1-16-9-6-8(4-5-14-12(13)15)7-10(17-2)11(9)18-3/h6-7H,4-5H2,1-3H3,(H,14,15). The average Bonchev–Trinajstić information content (AvgIpc) is 2.36. The van der Waals surface area contributed by atoms with E-state index in [9.17, 15) is 4.79 Å². The number of methoxy groups -OCH3 is 3. The second-order valence-electron chi connectivity index (χ2n) is 3.48. The van der Waals surface area contributed by atoms with Gasteiger partial charge in [0, 0.05) is 22.5 Å². The van der Waals surface area contributed by atoms with Crippen molar-refractivity contribution >= 4 is 20.7 Å². The van der Waals surface area contributed by atoms with Gasteiger partial charge in [-0.1, -0.05) is 0 Å². The van der Waals surface area contributed by atoms with Crippen LogP contribution in [0.15, 0.2) is 12.1 Å². The van der Waals surface area contributed by atoms with Gasteiger partial charge >= 0.3 is 0 Å². The van der Waals surface area contributed by atoms with Crippen molar-refractivity contribution in [1.29, 1.82) is 0 Å². The van der Waals surface area contributed by atoms with E-state index in [0.717, 1.165) is 5.56 Å². The number of hydrogen-bond donors (Lipinski definition) is 1. The fraction of sp³-hybridized carbons (Fsp3) is 0.417. The summed E-state index contributed by atoms with van der Waals surface area (Å²) < 4.78 is 15.7. The predicted molar refractivity (Wildman–Crippen MR) is 72.1 cm³/mol. The van der Waals surface area contributed by atoms with Crippen molar-refractivity contribution in [3.63, 3.8) is 0 Å². The number of ether oxygens (including phenoxy) is 3. The number of rotatable bonds is 6. The monoisotopic (exact) mass is 317 g/mol. The zero-order valence-corrected chi connectivity index (χ0v) is 12.2. The van der Waals surface area contributed by atoms with E-state index in [1.54, 1.807) is 21.3 Å². The molecule has 0 unspecified atom stereocenters. The van der Waals surface area contributed by atoms with Gasteiger partial charge in [-0.3, -0.25) is 4.79 Å². The lowest BCUT2D eigenvalue weighted by atomic mass is 10.1. The van der Waals surface area contributed by atoms with Crippen molar-refractivity contribution in [3.8, 4) is 17.2 Å². The summed E-state index contributed by atoms with van der Waals surface area (Å²) in [5, 5.41) is 2.66. The quantitative estimate of drug-likeness (QED) is 0.646. The second-order valence-corrected chi connectivity index (χ2v) is 4.20. The number of amides is 1. The van der Waals surface area contributed by atoms with E-state index in [0.29, 0.717) is 30.2 Å². The van der Waals surface area contributed by atoms with Crippen LogP contribution in [0.5, 0.6) is 17.2 Å². The lowest BCUT2D eigenvalue weighted by Gasteiger charge is -2.14. The van der Waals surface area contributed by atoms with Crippen LogP contribution < -0.4 is 19.5 Å². The molecular formula is C12H16BrNO4. The molecule has 1 rings (SSSR count). The summed E-state index contributed by atoms with van der Waals surface area (Å²) in [6.45, 7) is 0.530. The van der Waals surface area contributed by atoms with E-state index < -0.39 is 0 Å². The van der Waals surface area contributed by atoms with Gasteiger partial charge < -0.3 is 19.5 Å². The van der Waals surface area contributed by atoms with Crippen LogP contribution in [0.3, 0.4) is 0 Å². The maximum absolute atomic E-state index is 10.7. The molecule has 0 aliphatic carbocycles. The highest BCUT2D eigenvalue weighted by atomic mass is 79.9. The fourth-order valence-electron chi connectivity index (χ4n) is 1.58. The Morgan fingerprint density at radius 3 is 2.11 bits per heavy atom. The summed E-state index contributed by atoms with van der Waals surface area (Å²) in [5.41, 5.74) is 0.991. The van der Waals surface area contributed by atoms with Gasteiger partial charge in [-0.25, -0.2) is 0 Å². The van der Waals surface area contributed by atoms with E-state index >= 15 is 0 Å². The Kier molecular flexibility index (Phi) is 5.77. The van der Waals surface area contributed by atoms with E-state index in [1.807, 2.05) is 12.1 Å². The lowest BCUT2D eigenvalue weighted by molar-refractivity contribution is 0.262. The molecule has 100 valence electrons. The first-order valence-corrected chi connectivity index (χ1v) is 6.14. The van der Waals surface area contributed by atoms with Crippen molar-refractivity contribution < 1.29 is 19.0 Å². The van der Waals surface area contributed by atoms with Crippen LogP contribution in [-0.2, 0) is 6.42 Å². The maximum Gasteiger partial charge on any atom is 0.287 e. The van der Waals surface area contributed by atoms with E-state index in [4.69, 9.17) is 14.2 Å². The topological polar surface area (TPSA) is 56.8 Å². The van der Waals surface area contributed by atoms with Gasteiger partial charge in [0.1, 0.15) is 0 Å². The Balaban J connectivity index is 2.89. The van der Waals surface area contributed by atoms with Crippen molar-refractivity contribution in [2.75, 3.05) is 27.9 Å². The van der Waals surface area contributed by atoms with Gasteiger partial charge in [0.05, 0.1) is 21.3 Å². The van der Waals surface area contributed by atoms with Gasteiger partial charge in [0.25, 0.3) is 4.82 Å². The minimum absolute atomic E-state index is 0.227. The van der Waals surface area contributed by atoms with Crippen LogP contribution in [0, 0.1) is 0 Å². The van der Waals surface area contributed by atoms with Gasteiger partial charge in [-0.2, -0.15) is 0 Å². The van der Waals surface area contributed by atoms with Crippen LogP contribution in [0.2, 0.25) is 0 Å². The van der Waals surface area contributed by atoms with Crippen molar-refractivity contribution in [2.45, 2.75) is 6.42 Å². The maximum atomic E-state index is 10.7. The third-order valence-electron chi connectivity index (χ3n) is 2.40. The van der Waals surface area contributed by atoms with Gasteiger partial charge in [-0.05, 0) is 24.1 Å². The molecule has 1 amide bonds. The zero-order valence-electron chi connectivity index (χ0n) is 10.6. The molecule has 0 fully saturated rings. The van der Waals surface area contributed by atoms with Gasteiger partial charge in [-0.15, -0.1) is 0 Å². The molecule has 0 saturated heterocycles. The molecule has 0 spiro atoms. The van der Waals surface area contributed by atoms with E-state index in [1.165, 1.54) is 0 Å². The smallest absolute Gasteiger partial charge is 0.287 e. The Hall–Kier alpha value is -1.43. The van der Waals surface area contributed by atoms with E-state index in [2.05, 4.69) is 21.2 Å². The summed E-state index contributed by atoms with van der Waals surface area (Å²) in [6.07, 6.45) is 0.675. The summed E-state index contributed by atoms with van der Waals surface area (Å²) in [7, 11) is 4.70. The molecule has 0 saturated carbocycles. The molecule has 0 aliphatic rings. The molecule has 0 aromatic heterocycles. The highest BCUT2D eigenvalue weighted by molar-refractivity contribution is 9.18. The van der Waals surface area contributed by atoms with Crippen LogP contribution >= 0.6 is 15.9 Å². The van der Waals surface area contributed by atoms with Crippen molar-refractivity contribution in [2.24, 2.45) is 0 Å². The SMILES string of the molecule is COc1cc(CCNC(=O)Br)cc(OC)c1OC. The highest BCUT2D eigenvalue weighted by Gasteiger charge is 2.12. The summed E-state index contributed by atoms with van der Waals surface area (Å²) in [5.74, 6) is 1.78. The minimum Gasteiger partial charge on any atom is -0.493 e. The van der Waals surface area contributed by atoms with Gasteiger partial charge in [0.15, 0.2) is 11.5 Å². The molecule has 0 atom stereocenters. The fourth-order valence-corrected chi connectivity index (χ4v) is 1.78. The molecule has 18 heavy (non-hydrogen) atoms. The summed E-state index contributed by atoms with van der Waals surface area (Å²) in [6, 6.07) is 3.73. The Labute approximate surface area is 115 Å². The predicted octanol–water partition coefficient (Wildman–Crippen LogP) is 2.36. The third kappa shape index (κ3) is 3.80. The summed E-state index contributed by atoms with van der Waals surface area (Å²) in [4.78, 5) is 10.5. The lowest BCUT2D eigenvalue weighted by Crippen LogP contribution is -2.19. The Morgan fingerprint density at radius 2 is 1.72 bits per heavy atom. The third-order valence-corrected chi connectivity index (χ3v) is 2.68. The van der Waals surface area contributed by atoms with Crippen LogP contribution in [0.25, 0.3) is 0 Å². The highest BCUT2D eigenvalue weighted by Crippen LogP contribution is 2.38. The van der Waals surface area contributed by atoms with Crippen LogP contribution in [0.4, 0.5) is 4.79 Å². The number of nitrogens with one attached hydrogen (secondary N) is 1. The molecule has 0 heterocycles. The van der Waals surface area contributed by atoms with Crippen molar-refractivity contribution in [1.82, 2.24) is 5.32 Å². The summed E-state index contributed by atoms with van der Waals surface area (Å²) >= 11 is 2.81. The molecule has 1 N–H and O–H groups in total. The molecule has 0 bridgehead atoms. The van der Waals surface area contributed by atoms with Gasteiger partial charge in [0.2, 0.25) is 5.75 Å². The zero-order chi connectivity index (χ0) is 13.5. The number of benzene rings is 1. The Morgan fingerprint density at radius 1 is 1.17 bits per heavy atom. The Bertz CT molecular complexity index is 398. The first-order chi connectivity index (χ1) is 8.62. The number of hydrogen-bond acceptors (Lipinski definition) is 4. The molecule has 5 nitrogen and oxygen atoms in total. The molecule has 6 heteroatoms. The molecule has 0 radical (unpaired) electrons. The average molecular weight is 318 g/mol. The molecule has 0 aliphatic heterocycles. The molecule has 1 aromatic carbocycles. The first-order valence-electron chi connectivity index (χ1n) is 5.34. The first kappa shape index (κ1) is 14.6. The van der Waals surface area contributed by atoms with Crippen LogP contribution in [-0.4, -0.2) is 32.7 Å². The normalized spacial score (nSPS) is 9.78. The number of halogens is 1. The minimum atomic E-state index is -0.227. The van der Waals surface area contributed by atoms with Crippen molar-refractivity contribution in [3.05, 3.63) is 17.7 Å². The molecule has 1 aromatic rings. The second kappa shape index (κ2) is 7.10.